The third-order valence-electron chi connectivity index (χ3n) is 0.928. The Bertz CT molecular complexity index is 166. The monoisotopic (exact) mass is 206 g/mol. The van der Waals surface area contributed by atoms with Crippen molar-refractivity contribution in [2.24, 2.45) is 5.92 Å². The largest absolute Gasteiger partial charge is 0.478 e. The van der Waals surface area contributed by atoms with Gasteiger partial charge in [0.1, 0.15) is 5.78 Å². The van der Waals surface area contributed by atoms with Gasteiger partial charge in [0.25, 0.3) is 0 Å². The van der Waals surface area contributed by atoms with Crippen LogP contribution >= 0.6 is 24.0 Å². The zero-order chi connectivity index (χ0) is 9.56. The van der Waals surface area contributed by atoms with Crippen LogP contribution in [0.25, 0.3) is 0 Å². The molecule has 0 amide bonds. The SMILES string of the molecule is CC(=O)CSC(=S)OCC(C)C. The summed E-state index contributed by atoms with van der Waals surface area (Å²) in [5.41, 5.74) is 0. The Labute approximate surface area is 83.1 Å². The fourth-order valence-electron chi connectivity index (χ4n) is 0.437. The van der Waals surface area contributed by atoms with Gasteiger partial charge < -0.3 is 4.74 Å². The molecule has 0 atom stereocenters. The van der Waals surface area contributed by atoms with Crippen molar-refractivity contribution in [3.05, 3.63) is 0 Å². The summed E-state index contributed by atoms with van der Waals surface area (Å²) in [6, 6.07) is 0. The molecule has 4 heteroatoms. The van der Waals surface area contributed by atoms with E-state index in [0.717, 1.165) is 0 Å². The average Bonchev–Trinajstić information content (AvgIpc) is 1.96. The first-order valence-electron chi connectivity index (χ1n) is 3.81. The van der Waals surface area contributed by atoms with Crippen molar-refractivity contribution in [3.8, 4) is 0 Å². The van der Waals surface area contributed by atoms with Gasteiger partial charge in [0.15, 0.2) is 0 Å². The molecule has 0 radical (unpaired) electrons. The second-order valence-electron chi connectivity index (χ2n) is 2.95. The van der Waals surface area contributed by atoms with Gasteiger partial charge in [0.2, 0.25) is 4.38 Å². The molecule has 70 valence electrons. The van der Waals surface area contributed by atoms with Gasteiger partial charge in [-0.2, -0.15) is 0 Å². The lowest BCUT2D eigenvalue weighted by atomic mass is 10.2. The van der Waals surface area contributed by atoms with Crippen molar-refractivity contribution >= 4 is 34.1 Å². The molecule has 0 aromatic heterocycles. The molecular weight excluding hydrogens is 192 g/mol. The number of carbonyl (C=O) groups is 1. The number of carbonyl (C=O) groups excluding carboxylic acids is 1. The lowest BCUT2D eigenvalue weighted by molar-refractivity contribution is -0.114. The van der Waals surface area contributed by atoms with Crippen LogP contribution in [-0.2, 0) is 9.53 Å². The van der Waals surface area contributed by atoms with E-state index in [1.165, 1.54) is 18.7 Å². The molecule has 0 aliphatic rings. The van der Waals surface area contributed by atoms with Gasteiger partial charge in [-0.05, 0) is 25.1 Å². The fourth-order valence-corrected chi connectivity index (χ4v) is 1.15. The van der Waals surface area contributed by atoms with Crippen LogP contribution in [0.5, 0.6) is 0 Å². The van der Waals surface area contributed by atoms with Crippen LogP contribution < -0.4 is 0 Å². The molecule has 0 unspecified atom stereocenters. The summed E-state index contributed by atoms with van der Waals surface area (Å²) in [5, 5.41) is 0. The van der Waals surface area contributed by atoms with Gasteiger partial charge in [-0.3, -0.25) is 4.79 Å². The van der Waals surface area contributed by atoms with Crippen LogP contribution in [0.3, 0.4) is 0 Å². The molecule has 0 aromatic rings. The lowest BCUT2D eigenvalue weighted by Gasteiger charge is -2.07. The highest BCUT2D eigenvalue weighted by Gasteiger charge is 2.02. The van der Waals surface area contributed by atoms with Crippen LogP contribution in [0.15, 0.2) is 0 Å². The van der Waals surface area contributed by atoms with E-state index >= 15 is 0 Å². The van der Waals surface area contributed by atoms with Gasteiger partial charge in [0.05, 0.1) is 12.4 Å². The topological polar surface area (TPSA) is 26.3 Å². The Hall–Kier alpha value is -0.0900. The molecular formula is C8H14O2S2. The first kappa shape index (κ1) is 11.9. The lowest BCUT2D eigenvalue weighted by Crippen LogP contribution is -2.07. The second-order valence-corrected chi connectivity index (χ2v) is 4.52. The van der Waals surface area contributed by atoms with E-state index in [-0.39, 0.29) is 5.78 Å². The number of hydrogen-bond acceptors (Lipinski definition) is 4. The van der Waals surface area contributed by atoms with Gasteiger partial charge >= 0.3 is 0 Å². The van der Waals surface area contributed by atoms with Crippen LogP contribution in [0.2, 0.25) is 0 Å². The highest BCUT2D eigenvalue weighted by atomic mass is 32.2. The average molecular weight is 206 g/mol. The Morgan fingerprint density at radius 2 is 2.17 bits per heavy atom. The van der Waals surface area contributed by atoms with E-state index < -0.39 is 0 Å². The second kappa shape index (κ2) is 6.43. The summed E-state index contributed by atoms with van der Waals surface area (Å²) in [5.74, 6) is 1.01. The zero-order valence-electron chi connectivity index (χ0n) is 7.62. The molecule has 0 rings (SSSR count). The first-order valence-corrected chi connectivity index (χ1v) is 5.20. The Balaban J connectivity index is 3.40. The number of thiocarbonyl (C=S) groups is 1. The maximum Gasteiger partial charge on any atom is 0.220 e. The number of ether oxygens (including phenoxy) is 1. The highest BCUT2D eigenvalue weighted by molar-refractivity contribution is 8.23. The standard InChI is InChI=1S/C8H14O2S2/c1-6(2)4-10-8(11)12-5-7(3)9/h6H,4-5H2,1-3H3. The van der Waals surface area contributed by atoms with E-state index in [9.17, 15) is 4.79 Å². The summed E-state index contributed by atoms with van der Waals surface area (Å²) in [6.45, 7) is 6.28. The minimum Gasteiger partial charge on any atom is -0.478 e. The van der Waals surface area contributed by atoms with E-state index in [1.54, 1.807) is 0 Å². The van der Waals surface area contributed by atoms with Gasteiger partial charge in [-0.15, -0.1) is 0 Å². The predicted octanol–water partition coefficient (Wildman–Crippen LogP) is 2.27. The molecule has 0 saturated carbocycles. The molecule has 0 spiro atoms. The summed E-state index contributed by atoms with van der Waals surface area (Å²) in [4.78, 5) is 10.6. The molecule has 0 aromatic carbocycles. The smallest absolute Gasteiger partial charge is 0.220 e. The summed E-state index contributed by atoms with van der Waals surface area (Å²) in [7, 11) is 0. The van der Waals surface area contributed by atoms with Gasteiger partial charge in [0, 0.05) is 0 Å². The van der Waals surface area contributed by atoms with Crippen LogP contribution in [-0.4, -0.2) is 22.5 Å². The minimum atomic E-state index is 0.121. The predicted molar refractivity (Wildman–Crippen MR) is 56.5 cm³/mol. The third-order valence-corrected chi connectivity index (χ3v) is 2.30. The summed E-state index contributed by atoms with van der Waals surface area (Å²) < 4.78 is 5.67. The minimum absolute atomic E-state index is 0.121. The number of ketones is 1. The maximum absolute atomic E-state index is 10.6. The van der Waals surface area contributed by atoms with Crippen molar-refractivity contribution in [1.82, 2.24) is 0 Å². The first-order chi connectivity index (χ1) is 5.52. The van der Waals surface area contributed by atoms with Crippen molar-refractivity contribution in [2.45, 2.75) is 20.8 Å². The molecule has 0 bridgehead atoms. The Morgan fingerprint density at radius 1 is 1.58 bits per heavy atom. The van der Waals surface area contributed by atoms with Crippen molar-refractivity contribution in [2.75, 3.05) is 12.4 Å². The van der Waals surface area contributed by atoms with Crippen LogP contribution in [0.4, 0.5) is 0 Å². The number of Topliss-reactive ketones (excluding diaryl/α,β-unsaturated/α-hetero) is 1. The van der Waals surface area contributed by atoms with E-state index in [1.807, 2.05) is 0 Å². The molecule has 0 heterocycles. The zero-order valence-corrected chi connectivity index (χ0v) is 9.26. The van der Waals surface area contributed by atoms with Gasteiger partial charge in [-0.25, -0.2) is 0 Å². The Morgan fingerprint density at radius 3 is 2.58 bits per heavy atom. The third kappa shape index (κ3) is 8.01. The van der Waals surface area contributed by atoms with Gasteiger partial charge in [-0.1, -0.05) is 25.6 Å². The fraction of sp³-hybridized carbons (Fsp3) is 0.750. The molecule has 12 heavy (non-hydrogen) atoms. The normalized spacial score (nSPS) is 10.0. The maximum atomic E-state index is 10.6. The van der Waals surface area contributed by atoms with Crippen LogP contribution in [0.1, 0.15) is 20.8 Å². The molecule has 0 N–H and O–H groups in total. The summed E-state index contributed by atoms with van der Waals surface area (Å²) >= 11 is 6.17. The van der Waals surface area contributed by atoms with Crippen molar-refractivity contribution in [3.63, 3.8) is 0 Å². The van der Waals surface area contributed by atoms with E-state index in [2.05, 4.69) is 13.8 Å². The Kier molecular flexibility index (Phi) is 6.38. The number of hydrogen-bond donors (Lipinski definition) is 0. The molecule has 0 saturated heterocycles. The molecule has 0 aliphatic carbocycles. The van der Waals surface area contributed by atoms with E-state index in [4.69, 9.17) is 17.0 Å². The molecule has 2 nitrogen and oxygen atoms in total. The van der Waals surface area contributed by atoms with Crippen molar-refractivity contribution < 1.29 is 9.53 Å². The van der Waals surface area contributed by atoms with Crippen molar-refractivity contribution in [1.29, 1.82) is 0 Å². The van der Waals surface area contributed by atoms with Crippen LogP contribution in [0, 0.1) is 5.92 Å². The quantitative estimate of drug-likeness (QED) is 0.659. The summed E-state index contributed by atoms with van der Waals surface area (Å²) in [6.07, 6.45) is 0. The number of thioether (sulfide) groups is 1. The molecule has 0 aliphatic heterocycles. The molecule has 0 fully saturated rings. The number of rotatable bonds is 4. The highest BCUT2D eigenvalue weighted by Crippen LogP contribution is 2.07. The van der Waals surface area contributed by atoms with E-state index in [0.29, 0.717) is 22.7 Å².